The fourth-order valence-corrected chi connectivity index (χ4v) is 4.36. The van der Waals surface area contributed by atoms with Crippen LogP contribution in [0, 0.1) is 0 Å². The van der Waals surface area contributed by atoms with Crippen LogP contribution < -0.4 is 14.4 Å². The summed E-state index contributed by atoms with van der Waals surface area (Å²) in [7, 11) is -3.31. The molecular formula is C21H23NO5S. The highest BCUT2D eigenvalue weighted by Gasteiger charge is 2.32. The molecule has 0 N–H and O–H groups in total. The highest BCUT2D eigenvalue weighted by atomic mass is 32.2. The number of ether oxygens (including phenoxy) is 2. The Bertz CT molecular complexity index is 970. The molecule has 0 spiro atoms. The van der Waals surface area contributed by atoms with Crippen LogP contribution in [0.5, 0.6) is 11.5 Å². The first-order chi connectivity index (χ1) is 13.4. The van der Waals surface area contributed by atoms with Crippen LogP contribution in [0.2, 0.25) is 0 Å². The topological polar surface area (TPSA) is 72.9 Å². The molecule has 0 unspecified atom stereocenters. The molecule has 6 nitrogen and oxygen atoms in total. The third kappa shape index (κ3) is 4.36. The summed E-state index contributed by atoms with van der Waals surface area (Å²) in [5.74, 6) is 0.610. The maximum absolute atomic E-state index is 13.4. The summed E-state index contributed by atoms with van der Waals surface area (Å²) < 4.78 is 35.0. The van der Waals surface area contributed by atoms with Crippen molar-refractivity contribution in [2.75, 3.05) is 23.9 Å². The number of carbonyl (C=O) groups excluding carboxylic acids is 1. The van der Waals surface area contributed by atoms with Crippen molar-refractivity contribution in [1.29, 1.82) is 0 Å². The maximum atomic E-state index is 13.4. The Hall–Kier alpha value is -2.80. The molecule has 1 aliphatic heterocycles. The summed E-state index contributed by atoms with van der Waals surface area (Å²) in [6.45, 7) is 4.64. The standard InChI is InChI=1S/C21H23NO5S/c1-3-26-19-11-10-16(14-20(19)27-4-2)21(23)22(17-8-6-5-7-9-17)18-12-13-28(24,25)15-18/h5-14,18H,3-4,15H2,1-2H3/t18-/m1/s1. The van der Waals surface area contributed by atoms with Gasteiger partial charge < -0.3 is 14.4 Å². The van der Waals surface area contributed by atoms with Crippen molar-refractivity contribution in [2.24, 2.45) is 0 Å². The second-order valence-corrected chi connectivity index (χ2v) is 8.19. The van der Waals surface area contributed by atoms with Gasteiger partial charge in [0, 0.05) is 16.7 Å². The molecule has 0 saturated carbocycles. The van der Waals surface area contributed by atoms with Crippen molar-refractivity contribution in [3.8, 4) is 11.5 Å². The largest absolute Gasteiger partial charge is 0.490 e. The fraction of sp³-hybridized carbons (Fsp3) is 0.286. The van der Waals surface area contributed by atoms with E-state index in [-0.39, 0.29) is 11.7 Å². The van der Waals surface area contributed by atoms with Crippen molar-refractivity contribution >= 4 is 21.4 Å². The Morgan fingerprint density at radius 3 is 2.32 bits per heavy atom. The molecule has 1 atom stereocenters. The van der Waals surface area contributed by atoms with E-state index in [2.05, 4.69) is 0 Å². The van der Waals surface area contributed by atoms with E-state index < -0.39 is 15.9 Å². The van der Waals surface area contributed by atoms with E-state index in [9.17, 15) is 13.2 Å². The number of nitrogens with zero attached hydrogens (tertiary/aromatic N) is 1. The van der Waals surface area contributed by atoms with Gasteiger partial charge in [-0.2, -0.15) is 0 Å². The van der Waals surface area contributed by atoms with Crippen LogP contribution in [0.1, 0.15) is 24.2 Å². The molecule has 0 radical (unpaired) electrons. The number of anilines is 1. The summed E-state index contributed by atoms with van der Waals surface area (Å²) in [5.41, 5.74) is 1.03. The highest BCUT2D eigenvalue weighted by Crippen LogP contribution is 2.31. The van der Waals surface area contributed by atoms with E-state index in [0.29, 0.717) is 36.0 Å². The average Bonchev–Trinajstić information content (AvgIpc) is 3.04. The Labute approximate surface area is 165 Å². The highest BCUT2D eigenvalue weighted by molar-refractivity contribution is 7.94. The molecule has 2 aromatic rings. The molecule has 0 saturated heterocycles. The summed E-state index contributed by atoms with van der Waals surface area (Å²) >= 11 is 0. The van der Waals surface area contributed by atoms with E-state index in [0.717, 1.165) is 0 Å². The van der Waals surface area contributed by atoms with Crippen molar-refractivity contribution in [3.05, 3.63) is 65.6 Å². The SMILES string of the molecule is CCOc1ccc(C(=O)N(c2ccccc2)[C@@H]2C=CS(=O)(=O)C2)cc1OCC. The molecule has 2 aromatic carbocycles. The first kappa shape index (κ1) is 19.9. The second-order valence-electron chi connectivity index (χ2n) is 6.26. The van der Waals surface area contributed by atoms with Gasteiger partial charge in [-0.05, 0) is 50.3 Å². The van der Waals surface area contributed by atoms with Crippen LogP contribution in [0.15, 0.2) is 60.0 Å². The van der Waals surface area contributed by atoms with Crippen LogP contribution in [0.3, 0.4) is 0 Å². The van der Waals surface area contributed by atoms with E-state index in [1.807, 2.05) is 32.0 Å². The van der Waals surface area contributed by atoms with Gasteiger partial charge in [0.15, 0.2) is 21.3 Å². The molecule has 1 heterocycles. The van der Waals surface area contributed by atoms with E-state index in [1.54, 1.807) is 36.4 Å². The first-order valence-electron chi connectivity index (χ1n) is 9.14. The molecular weight excluding hydrogens is 378 g/mol. The molecule has 0 fully saturated rings. The van der Waals surface area contributed by atoms with Gasteiger partial charge in [0.05, 0.1) is 25.0 Å². The van der Waals surface area contributed by atoms with Gasteiger partial charge in [0.1, 0.15) is 0 Å². The van der Waals surface area contributed by atoms with Gasteiger partial charge in [0.2, 0.25) is 0 Å². The zero-order valence-electron chi connectivity index (χ0n) is 15.9. The molecule has 0 aliphatic carbocycles. The van der Waals surface area contributed by atoms with Gasteiger partial charge in [-0.15, -0.1) is 0 Å². The lowest BCUT2D eigenvalue weighted by Crippen LogP contribution is -2.41. The molecule has 0 aromatic heterocycles. The van der Waals surface area contributed by atoms with Crippen LogP contribution in [0.25, 0.3) is 0 Å². The maximum Gasteiger partial charge on any atom is 0.258 e. The lowest BCUT2D eigenvalue weighted by Gasteiger charge is -2.28. The van der Waals surface area contributed by atoms with Gasteiger partial charge in [-0.3, -0.25) is 4.79 Å². The van der Waals surface area contributed by atoms with Crippen molar-refractivity contribution < 1.29 is 22.7 Å². The van der Waals surface area contributed by atoms with Crippen molar-refractivity contribution in [1.82, 2.24) is 0 Å². The Morgan fingerprint density at radius 2 is 1.71 bits per heavy atom. The minimum Gasteiger partial charge on any atom is -0.490 e. The Balaban J connectivity index is 2.00. The van der Waals surface area contributed by atoms with Crippen molar-refractivity contribution in [2.45, 2.75) is 19.9 Å². The number of rotatable bonds is 7. The summed E-state index contributed by atoms with van der Waals surface area (Å²) in [5, 5.41) is 1.17. The molecule has 1 aliphatic rings. The third-order valence-electron chi connectivity index (χ3n) is 4.29. The van der Waals surface area contributed by atoms with Gasteiger partial charge in [0.25, 0.3) is 5.91 Å². The number of amides is 1. The van der Waals surface area contributed by atoms with Gasteiger partial charge >= 0.3 is 0 Å². The van der Waals surface area contributed by atoms with Crippen LogP contribution >= 0.6 is 0 Å². The number of para-hydroxylation sites is 1. The molecule has 148 valence electrons. The normalized spacial score (nSPS) is 17.3. The third-order valence-corrected chi connectivity index (χ3v) is 5.66. The van der Waals surface area contributed by atoms with Gasteiger partial charge in [-0.25, -0.2) is 8.42 Å². The lowest BCUT2D eigenvalue weighted by molar-refractivity contribution is 0.0982. The first-order valence-corrected chi connectivity index (χ1v) is 10.9. The molecule has 0 bridgehead atoms. The monoisotopic (exact) mass is 401 g/mol. The molecule has 28 heavy (non-hydrogen) atoms. The van der Waals surface area contributed by atoms with Gasteiger partial charge in [-0.1, -0.05) is 18.2 Å². The van der Waals surface area contributed by atoms with Crippen LogP contribution in [0.4, 0.5) is 5.69 Å². The second kappa shape index (κ2) is 8.48. The lowest BCUT2D eigenvalue weighted by atomic mass is 10.1. The smallest absolute Gasteiger partial charge is 0.258 e. The number of hydrogen-bond donors (Lipinski definition) is 0. The van der Waals surface area contributed by atoms with Crippen LogP contribution in [-0.2, 0) is 9.84 Å². The zero-order chi connectivity index (χ0) is 20.1. The van der Waals surface area contributed by atoms with Crippen molar-refractivity contribution in [3.63, 3.8) is 0 Å². The van der Waals surface area contributed by atoms with E-state index >= 15 is 0 Å². The Kier molecular flexibility index (Phi) is 6.04. The predicted octanol–water partition coefficient (Wildman–Crippen LogP) is 3.44. The van der Waals surface area contributed by atoms with E-state index in [4.69, 9.17) is 9.47 Å². The Morgan fingerprint density at radius 1 is 1.04 bits per heavy atom. The average molecular weight is 401 g/mol. The quantitative estimate of drug-likeness (QED) is 0.711. The number of benzene rings is 2. The number of sulfone groups is 1. The molecule has 7 heteroatoms. The summed E-state index contributed by atoms with van der Waals surface area (Å²) in [6.07, 6.45) is 1.55. The summed E-state index contributed by atoms with van der Waals surface area (Å²) in [6, 6.07) is 13.5. The fourth-order valence-electron chi connectivity index (χ4n) is 3.09. The minimum atomic E-state index is -3.31. The van der Waals surface area contributed by atoms with Crippen LogP contribution in [-0.4, -0.2) is 39.3 Å². The number of hydrogen-bond acceptors (Lipinski definition) is 5. The zero-order valence-corrected chi connectivity index (χ0v) is 16.7. The minimum absolute atomic E-state index is 0.136. The predicted molar refractivity (Wildman–Crippen MR) is 109 cm³/mol. The molecule has 1 amide bonds. The van der Waals surface area contributed by atoms with E-state index in [1.165, 1.54) is 10.3 Å². The summed E-state index contributed by atoms with van der Waals surface area (Å²) in [4.78, 5) is 14.9. The number of carbonyl (C=O) groups is 1. The molecule has 3 rings (SSSR count).